The predicted molar refractivity (Wildman–Crippen MR) is 70.3 cm³/mol. The Hall–Kier alpha value is -1.56. The van der Waals surface area contributed by atoms with Crippen molar-refractivity contribution in [3.63, 3.8) is 0 Å². The van der Waals surface area contributed by atoms with Gasteiger partial charge in [0.15, 0.2) is 11.6 Å². The fraction of sp³-hybridized carbons (Fsp3) is 0.333. The summed E-state index contributed by atoms with van der Waals surface area (Å²) in [4.78, 5) is 4.59. The standard InChI is InChI=1S/C12H13F2N3S/c1-6(12(15)18)5-17-7(2)16-10-3-8(13)9(14)4-11(10)17/h3-4,6H,5H2,1-2H3,(H2,15,18). The molecule has 0 bridgehead atoms. The summed E-state index contributed by atoms with van der Waals surface area (Å²) >= 11 is 4.91. The summed E-state index contributed by atoms with van der Waals surface area (Å²) in [5, 5.41) is 0. The van der Waals surface area contributed by atoms with Crippen LogP contribution in [0.25, 0.3) is 11.0 Å². The highest BCUT2D eigenvalue weighted by molar-refractivity contribution is 7.80. The topological polar surface area (TPSA) is 43.8 Å². The van der Waals surface area contributed by atoms with E-state index in [0.29, 0.717) is 28.4 Å². The van der Waals surface area contributed by atoms with Gasteiger partial charge < -0.3 is 10.3 Å². The molecule has 0 fully saturated rings. The zero-order valence-corrected chi connectivity index (χ0v) is 10.9. The molecule has 0 saturated carbocycles. The number of nitrogens with zero attached hydrogens (tertiary/aromatic N) is 2. The van der Waals surface area contributed by atoms with Crippen molar-refractivity contribution in [3.05, 3.63) is 29.6 Å². The van der Waals surface area contributed by atoms with Crippen LogP contribution in [0.5, 0.6) is 0 Å². The quantitative estimate of drug-likeness (QED) is 0.871. The van der Waals surface area contributed by atoms with Crippen LogP contribution in [0.2, 0.25) is 0 Å². The molecule has 6 heteroatoms. The number of rotatable bonds is 3. The molecule has 0 radical (unpaired) electrons. The van der Waals surface area contributed by atoms with Gasteiger partial charge in [-0.15, -0.1) is 0 Å². The van der Waals surface area contributed by atoms with Gasteiger partial charge in [0.1, 0.15) is 5.82 Å². The van der Waals surface area contributed by atoms with Crippen LogP contribution in [0, 0.1) is 24.5 Å². The molecule has 0 spiro atoms. The molecule has 2 N–H and O–H groups in total. The Labute approximate surface area is 109 Å². The van der Waals surface area contributed by atoms with E-state index in [0.717, 1.165) is 12.1 Å². The maximum atomic E-state index is 13.3. The van der Waals surface area contributed by atoms with E-state index < -0.39 is 11.6 Å². The average molecular weight is 269 g/mol. The third-order valence-corrected chi connectivity index (χ3v) is 3.33. The van der Waals surface area contributed by atoms with Gasteiger partial charge in [-0.3, -0.25) is 0 Å². The molecule has 1 unspecified atom stereocenters. The van der Waals surface area contributed by atoms with Crippen molar-refractivity contribution in [1.29, 1.82) is 0 Å². The zero-order chi connectivity index (χ0) is 13.4. The molecule has 0 amide bonds. The van der Waals surface area contributed by atoms with Gasteiger partial charge in [0, 0.05) is 24.6 Å². The second kappa shape index (κ2) is 4.61. The summed E-state index contributed by atoms with van der Waals surface area (Å²) < 4.78 is 28.2. The summed E-state index contributed by atoms with van der Waals surface area (Å²) in [6.45, 7) is 4.17. The van der Waals surface area contributed by atoms with Crippen LogP contribution in [0.1, 0.15) is 12.7 Å². The number of nitrogens with two attached hydrogens (primary N) is 1. The largest absolute Gasteiger partial charge is 0.393 e. The van der Waals surface area contributed by atoms with Gasteiger partial charge in [-0.1, -0.05) is 19.1 Å². The van der Waals surface area contributed by atoms with Gasteiger partial charge in [-0.25, -0.2) is 13.8 Å². The average Bonchev–Trinajstić information content (AvgIpc) is 2.56. The zero-order valence-electron chi connectivity index (χ0n) is 10.1. The van der Waals surface area contributed by atoms with E-state index in [1.165, 1.54) is 0 Å². The second-order valence-corrected chi connectivity index (χ2v) is 4.80. The minimum atomic E-state index is -0.894. The van der Waals surface area contributed by atoms with Crippen molar-refractivity contribution < 1.29 is 8.78 Å². The first kappa shape index (κ1) is 12.9. The van der Waals surface area contributed by atoms with Crippen molar-refractivity contribution >= 4 is 28.2 Å². The Morgan fingerprint density at radius 2 is 2.06 bits per heavy atom. The summed E-state index contributed by atoms with van der Waals surface area (Å²) in [7, 11) is 0. The van der Waals surface area contributed by atoms with Crippen LogP contribution in [0.4, 0.5) is 8.78 Å². The fourth-order valence-corrected chi connectivity index (χ4v) is 1.91. The van der Waals surface area contributed by atoms with E-state index in [1.54, 1.807) is 11.5 Å². The number of benzene rings is 1. The van der Waals surface area contributed by atoms with Crippen LogP contribution in [0.3, 0.4) is 0 Å². The Morgan fingerprint density at radius 1 is 1.44 bits per heavy atom. The highest BCUT2D eigenvalue weighted by Gasteiger charge is 2.14. The lowest BCUT2D eigenvalue weighted by molar-refractivity contribution is 0.509. The lowest BCUT2D eigenvalue weighted by Gasteiger charge is -2.12. The van der Waals surface area contributed by atoms with Gasteiger partial charge in [0.05, 0.1) is 16.0 Å². The van der Waals surface area contributed by atoms with Crippen molar-refractivity contribution in [3.8, 4) is 0 Å². The van der Waals surface area contributed by atoms with Crippen molar-refractivity contribution in [1.82, 2.24) is 9.55 Å². The first-order valence-electron chi connectivity index (χ1n) is 5.51. The Bertz CT molecular complexity index is 621. The molecule has 0 saturated heterocycles. The first-order chi connectivity index (χ1) is 8.40. The van der Waals surface area contributed by atoms with Gasteiger partial charge in [0.2, 0.25) is 0 Å². The van der Waals surface area contributed by atoms with E-state index in [1.807, 2.05) is 6.92 Å². The van der Waals surface area contributed by atoms with Crippen LogP contribution >= 0.6 is 12.2 Å². The van der Waals surface area contributed by atoms with E-state index >= 15 is 0 Å². The maximum Gasteiger partial charge on any atom is 0.161 e. The Morgan fingerprint density at radius 3 is 2.67 bits per heavy atom. The summed E-state index contributed by atoms with van der Waals surface area (Å²) in [6.07, 6.45) is 0. The number of hydrogen-bond acceptors (Lipinski definition) is 2. The highest BCUT2D eigenvalue weighted by atomic mass is 32.1. The number of fused-ring (bicyclic) bond motifs is 1. The molecule has 1 aromatic heterocycles. The van der Waals surface area contributed by atoms with E-state index in [2.05, 4.69) is 4.98 Å². The summed E-state index contributed by atoms with van der Waals surface area (Å²) in [5.41, 5.74) is 6.55. The molecular weight excluding hydrogens is 256 g/mol. The molecule has 1 heterocycles. The molecule has 0 aliphatic heterocycles. The van der Waals surface area contributed by atoms with Crippen LogP contribution in [-0.2, 0) is 6.54 Å². The van der Waals surface area contributed by atoms with Crippen molar-refractivity contribution in [2.45, 2.75) is 20.4 Å². The fourth-order valence-electron chi connectivity index (χ4n) is 1.83. The molecule has 96 valence electrons. The van der Waals surface area contributed by atoms with Gasteiger partial charge in [-0.05, 0) is 6.92 Å². The van der Waals surface area contributed by atoms with Crippen molar-refractivity contribution in [2.75, 3.05) is 0 Å². The molecule has 1 aromatic carbocycles. The van der Waals surface area contributed by atoms with Gasteiger partial charge >= 0.3 is 0 Å². The summed E-state index contributed by atoms with van der Waals surface area (Å²) in [5.74, 6) is -1.14. The van der Waals surface area contributed by atoms with E-state index in [-0.39, 0.29) is 5.92 Å². The number of halogens is 2. The van der Waals surface area contributed by atoms with Crippen molar-refractivity contribution in [2.24, 2.45) is 11.7 Å². The number of aromatic nitrogens is 2. The second-order valence-electron chi connectivity index (χ2n) is 4.33. The molecule has 1 atom stereocenters. The molecule has 18 heavy (non-hydrogen) atoms. The molecule has 0 aliphatic carbocycles. The molecule has 3 nitrogen and oxygen atoms in total. The highest BCUT2D eigenvalue weighted by Crippen LogP contribution is 2.21. The molecular formula is C12H13F2N3S. The van der Waals surface area contributed by atoms with E-state index in [9.17, 15) is 8.78 Å². The summed E-state index contributed by atoms with van der Waals surface area (Å²) in [6, 6.07) is 2.25. The van der Waals surface area contributed by atoms with Crippen LogP contribution in [-0.4, -0.2) is 14.5 Å². The third kappa shape index (κ3) is 2.20. The molecule has 2 rings (SSSR count). The Balaban J connectivity index is 2.53. The SMILES string of the molecule is Cc1nc2cc(F)c(F)cc2n1CC(C)C(N)=S. The van der Waals surface area contributed by atoms with Crippen LogP contribution < -0.4 is 5.73 Å². The number of hydrogen-bond donors (Lipinski definition) is 1. The predicted octanol–water partition coefficient (Wildman–Crippen LogP) is 2.55. The molecule has 2 aromatic rings. The lowest BCUT2D eigenvalue weighted by Crippen LogP contribution is -2.23. The number of imidazole rings is 1. The van der Waals surface area contributed by atoms with E-state index in [4.69, 9.17) is 18.0 Å². The minimum absolute atomic E-state index is 0.0378. The molecule has 0 aliphatic rings. The normalized spacial score (nSPS) is 12.9. The number of aryl methyl sites for hydroxylation is 1. The Kier molecular flexibility index (Phi) is 3.30. The smallest absolute Gasteiger partial charge is 0.161 e. The lowest BCUT2D eigenvalue weighted by atomic mass is 10.2. The number of thiocarbonyl (C=S) groups is 1. The monoisotopic (exact) mass is 269 g/mol. The maximum absolute atomic E-state index is 13.3. The first-order valence-corrected chi connectivity index (χ1v) is 5.92. The van der Waals surface area contributed by atoms with Gasteiger partial charge in [-0.2, -0.15) is 0 Å². The minimum Gasteiger partial charge on any atom is -0.393 e. The third-order valence-electron chi connectivity index (χ3n) is 2.92. The van der Waals surface area contributed by atoms with Gasteiger partial charge in [0.25, 0.3) is 0 Å². The van der Waals surface area contributed by atoms with Crippen LogP contribution in [0.15, 0.2) is 12.1 Å².